The molecule has 0 aliphatic carbocycles. The summed E-state index contributed by atoms with van der Waals surface area (Å²) in [5.41, 5.74) is 1.18. The van der Waals surface area contributed by atoms with Crippen LogP contribution in [0.3, 0.4) is 0 Å². The number of ether oxygens (including phenoxy) is 1. The van der Waals surface area contributed by atoms with Gasteiger partial charge in [0.15, 0.2) is 11.6 Å². The average molecular weight is 422 g/mol. The molecule has 8 heteroatoms. The molecule has 1 atom stereocenters. The number of halogens is 2. The van der Waals surface area contributed by atoms with E-state index >= 15 is 0 Å². The van der Waals surface area contributed by atoms with Gasteiger partial charge in [0.25, 0.3) is 0 Å². The number of carbonyl (C=O) groups excluding carboxylic acids is 1. The molecule has 6 nitrogen and oxygen atoms in total. The monoisotopic (exact) mass is 422 g/mol. The van der Waals surface area contributed by atoms with Gasteiger partial charge in [-0.25, -0.2) is 13.8 Å². The Hall–Kier alpha value is -3.81. The maximum Gasteiger partial charge on any atom is 0.247 e. The molecule has 0 radical (unpaired) electrons. The largest absolute Gasteiger partial charge is 0.457 e. The number of nitrogens with one attached hydrogen (secondary N) is 1. The molecule has 2 aromatic heterocycles. The minimum atomic E-state index is -0.988. The number of aromatic nitrogens is 3. The van der Waals surface area contributed by atoms with Crippen molar-refractivity contribution in [2.75, 3.05) is 5.32 Å². The van der Waals surface area contributed by atoms with Crippen LogP contribution in [0.5, 0.6) is 11.5 Å². The van der Waals surface area contributed by atoms with Crippen molar-refractivity contribution in [1.29, 1.82) is 0 Å². The van der Waals surface area contributed by atoms with Crippen LogP contribution < -0.4 is 10.1 Å². The fourth-order valence-corrected chi connectivity index (χ4v) is 3.39. The number of carbonyl (C=O) groups is 1. The molecule has 1 N–H and O–H groups in total. The van der Waals surface area contributed by atoms with Gasteiger partial charge < -0.3 is 14.6 Å². The number of hydrogen-bond acceptors (Lipinski definition) is 4. The third-order valence-corrected chi connectivity index (χ3v) is 4.80. The summed E-state index contributed by atoms with van der Waals surface area (Å²) in [6, 6.07) is 11.8. The van der Waals surface area contributed by atoms with E-state index < -0.39 is 17.7 Å². The highest BCUT2D eigenvalue weighted by molar-refractivity contribution is 5.95. The minimum Gasteiger partial charge on any atom is -0.457 e. The van der Waals surface area contributed by atoms with E-state index in [4.69, 9.17) is 4.74 Å². The van der Waals surface area contributed by atoms with Crippen molar-refractivity contribution in [3.05, 3.63) is 78.9 Å². The van der Waals surface area contributed by atoms with Gasteiger partial charge in [0.1, 0.15) is 17.5 Å². The second kappa shape index (κ2) is 8.51. The van der Waals surface area contributed by atoms with Crippen molar-refractivity contribution in [3.63, 3.8) is 0 Å². The van der Waals surface area contributed by atoms with Crippen LogP contribution in [0.15, 0.2) is 67.3 Å². The number of anilines is 1. The smallest absolute Gasteiger partial charge is 0.247 e. The van der Waals surface area contributed by atoms with E-state index in [1.54, 1.807) is 53.4 Å². The highest BCUT2D eigenvalue weighted by Crippen LogP contribution is 2.28. The number of pyridine rings is 1. The quantitative estimate of drug-likeness (QED) is 0.456. The Bertz CT molecular complexity index is 1220. The molecule has 4 rings (SSSR count). The van der Waals surface area contributed by atoms with Crippen molar-refractivity contribution >= 4 is 22.6 Å². The lowest BCUT2D eigenvalue weighted by atomic mass is 10.0. The summed E-state index contributed by atoms with van der Waals surface area (Å²) in [4.78, 5) is 21.2. The molecule has 0 bridgehead atoms. The van der Waals surface area contributed by atoms with Crippen molar-refractivity contribution in [3.8, 4) is 11.5 Å². The predicted octanol–water partition coefficient (Wildman–Crippen LogP) is 5.34. The first-order valence-electron chi connectivity index (χ1n) is 9.73. The van der Waals surface area contributed by atoms with Gasteiger partial charge in [0.2, 0.25) is 5.91 Å². The van der Waals surface area contributed by atoms with Crippen LogP contribution in [0.1, 0.15) is 19.9 Å². The lowest BCUT2D eigenvalue weighted by Crippen LogP contribution is -2.29. The Balaban J connectivity index is 1.59. The van der Waals surface area contributed by atoms with Gasteiger partial charge in [-0.05, 0) is 30.2 Å². The van der Waals surface area contributed by atoms with Gasteiger partial charge in [-0.2, -0.15) is 0 Å². The van der Waals surface area contributed by atoms with Crippen molar-refractivity contribution in [2.24, 2.45) is 5.92 Å². The maximum atomic E-state index is 13.8. The van der Waals surface area contributed by atoms with Gasteiger partial charge in [0, 0.05) is 36.3 Å². The molecule has 2 aromatic carbocycles. The summed E-state index contributed by atoms with van der Waals surface area (Å²) in [6.07, 6.45) is 4.67. The van der Waals surface area contributed by atoms with E-state index in [1.165, 1.54) is 6.33 Å². The SMILES string of the molecule is CC(C)C(C(=O)Nc1cccc(Oc2ccncc2)c1)n1cnc2cc(F)c(F)cc21. The molecule has 0 saturated carbocycles. The zero-order valence-electron chi connectivity index (χ0n) is 16.9. The molecule has 1 amide bonds. The number of benzene rings is 2. The molecule has 4 aromatic rings. The molecule has 1 unspecified atom stereocenters. The molecular formula is C23H20F2N4O2. The topological polar surface area (TPSA) is 69.0 Å². The second-order valence-corrected chi connectivity index (χ2v) is 7.40. The number of amides is 1. The van der Waals surface area contributed by atoms with Crippen LogP contribution in [0.2, 0.25) is 0 Å². The van der Waals surface area contributed by atoms with Crippen LogP contribution >= 0.6 is 0 Å². The van der Waals surface area contributed by atoms with E-state index in [1.807, 2.05) is 13.8 Å². The third kappa shape index (κ3) is 4.37. The number of hydrogen-bond donors (Lipinski definition) is 1. The van der Waals surface area contributed by atoms with Crippen LogP contribution in [0, 0.1) is 17.6 Å². The predicted molar refractivity (Wildman–Crippen MR) is 113 cm³/mol. The fraction of sp³-hybridized carbons (Fsp3) is 0.174. The first-order valence-corrected chi connectivity index (χ1v) is 9.73. The highest BCUT2D eigenvalue weighted by Gasteiger charge is 2.26. The minimum absolute atomic E-state index is 0.137. The summed E-state index contributed by atoms with van der Waals surface area (Å²) in [5, 5.41) is 2.88. The second-order valence-electron chi connectivity index (χ2n) is 7.40. The van der Waals surface area contributed by atoms with E-state index in [2.05, 4.69) is 15.3 Å². The molecule has 0 fully saturated rings. The average Bonchev–Trinajstić information content (AvgIpc) is 3.11. The first kappa shape index (κ1) is 20.5. The fourth-order valence-electron chi connectivity index (χ4n) is 3.39. The van der Waals surface area contributed by atoms with Crippen LogP contribution in [-0.2, 0) is 4.79 Å². The standard InChI is InChI=1S/C23H20F2N4O2/c1-14(2)22(29-13-27-20-11-18(24)19(25)12-21(20)29)23(30)28-15-4-3-5-17(10-15)31-16-6-8-26-9-7-16/h3-14,22H,1-2H3,(H,28,30). The molecule has 0 aliphatic rings. The molecule has 0 aliphatic heterocycles. The number of rotatable bonds is 6. The van der Waals surface area contributed by atoms with Crippen LogP contribution in [-0.4, -0.2) is 20.4 Å². The molecule has 2 heterocycles. The molecule has 0 spiro atoms. The van der Waals surface area contributed by atoms with Gasteiger partial charge in [-0.3, -0.25) is 9.78 Å². The third-order valence-electron chi connectivity index (χ3n) is 4.80. The van der Waals surface area contributed by atoms with E-state index in [9.17, 15) is 13.6 Å². The van der Waals surface area contributed by atoms with Crippen molar-refractivity contribution < 1.29 is 18.3 Å². The lowest BCUT2D eigenvalue weighted by molar-refractivity contribution is -0.120. The Morgan fingerprint density at radius 1 is 1.03 bits per heavy atom. The number of nitrogens with zero attached hydrogens (tertiary/aromatic N) is 3. The van der Waals surface area contributed by atoms with Gasteiger partial charge in [-0.15, -0.1) is 0 Å². The van der Waals surface area contributed by atoms with Crippen molar-refractivity contribution in [2.45, 2.75) is 19.9 Å². The van der Waals surface area contributed by atoms with Crippen LogP contribution in [0.25, 0.3) is 11.0 Å². The van der Waals surface area contributed by atoms with E-state index in [-0.39, 0.29) is 17.3 Å². The normalized spacial score (nSPS) is 12.2. The van der Waals surface area contributed by atoms with E-state index in [0.29, 0.717) is 22.7 Å². The van der Waals surface area contributed by atoms with Crippen LogP contribution in [0.4, 0.5) is 14.5 Å². The summed E-state index contributed by atoms with van der Waals surface area (Å²) >= 11 is 0. The summed E-state index contributed by atoms with van der Waals surface area (Å²) in [5.74, 6) is -1.23. The first-order chi connectivity index (χ1) is 14.9. The zero-order chi connectivity index (χ0) is 22.0. The van der Waals surface area contributed by atoms with E-state index in [0.717, 1.165) is 12.1 Å². The van der Waals surface area contributed by atoms with Gasteiger partial charge >= 0.3 is 0 Å². The molecule has 0 saturated heterocycles. The Morgan fingerprint density at radius 2 is 1.77 bits per heavy atom. The number of fused-ring (bicyclic) bond motifs is 1. The lowest BCUT2D eigenvalue weighted by Gasteiger charge is -2.22. The summed E-state index contributed by atoms with van der Waals surface area (Å²) in [6.45, 7) is 3.75. The van der Waals surface area contributed by atoms with Gasteiger partial charge in [0.05, 0.1) is 17.4 Å². The summed E-state index contributed by atoms with van der Waals surface area (Å²) < 4.78 is 34.7. The summed E-state index contributed by atoms with van der Waals surface area (Å²) in [7, 11) is 0. The van der Waals surface area contributed by atoms with Crippen molar-refractivity contribution in [1.82, 2.24) is 14.5 Å². The molecular weight excluding hydrogens is 402 g/mol. The Labute approximate surface area is 177 Å². The number of imidazole rings is 1. The Morgan fingerprint density at radius 3 is 2.52 bits per heavy atom. The Kier molecular flexibility index (Phi) is 5.62. The molecule has 31 heavy (non-hydrogen) atoms. The van der Waals surface area contributed by atoms with Gasteiger partial charge in [-0.1, -0.05) is 19.9 Å². The maximum absolute atomic E-state index is 13.8. The highest BCUT2D eigenvalue weighted by atomic mass is 19.2. The molecule has 158 valence electrons. The zero-order valence-corrected chi connectivity index (χ0v) is 16.9.